The maximum atomic E-state index is 13.5. The van der Waals surface area contributed by atoms with Gasteiger partial charge in [0.25, 0.3) is 5.56 Å². The number of thioether (sulfide) groups is 1. The number of benzene rings is 1. The van der Waals surface area contributed by atoms with E-state index < -0.39 is 0 Å². The lowest BCUT2D eigenvalue weighted by molar-refractivity contribution is -0.113. The second kappa shape index (κ2) is 9.85. The lowest BCUT2D eigenvalue weighted by Crippen LogP contribution is -2.28. The maximum Gasteiger partial charge on any atom is 0.272 e. The molecule has 5 rings (SSSR count). The maximum absolute atomic E-state index is 13.5. The zero-order valence-corrected chi connectivity index (χ0v) is 20.7. The van der Waals surface area contributed by atoms with Crippen LogP contribution in [-0.4, -0.2) is 38.9 Å². The van der Waals surface area contributed by atoms with Gasteiger partial charge in [-0.15, -0.1) is 11.3 Å². The molecule has 3 aromatic heterocycles. The monoisotopic (exact) mass is 494 g/mol. The zero-order chi connectivity index (χ0) is 23.7. The van der Waals surface area contributed by atoms with Crippen molar-refractivity contribution in [1.29, 1.82) is 0 Å². The average molecular weight is 495 g/mol. The Labute approximate surface area is 205 Å². The van der Waals surface area contributed by atoms with Gasteiger partial charge in [0.1, 0.15) is 9.53 Å². The van der Waals surface area contributed by atoms with E-state index in [1.165, 1.54) is 28.7 Å². The van der Waals surface area contributed by atoms with Gasteiger partial charge in [0.15, 0.2) is 5.16 Å². The summed E-state index contributed by atoms with van der Waals surface area (Å²) in [6, 6.07) is 11.7. The first-order valence-electron chi connectivity index (χ1n) is 11.4. The van der Waals surface area contributed by atoms with E-state index in [1.807, 2.05) is 36.4 Å². The zero-order valence-electron chi connectivity index (χ0n) is 19.1. The number of rotatable bonds is 7. The molecule has 34 heavy (non-hydrogen) atoms. The largest absolute Gasteiger partial charge is 0.376 e. The number of pyridine rings is 1. The molecule has 1 fully saturated rings. The van der Waals surface area contributed by atoms with Crippen LogP contribution in [0.25, 0.3) is 20.4 Å². The molecule has 0 bridgehead atoms. The number of amides is 1. The summed E-state index contributed by atoms with van der Waals surface area (Å²) in [6.07, 6.45) is 3.60. The van der Waals surface area contributed by atoms with Crippen LogP contribution in [0.3, 0.4) is 0 Å². The summed E-state index contributed by atoms with van der Waals surface area (Å²) < 4.78 is 8.04. The van der Waals surface area contributed by atoms with Gasteiger partial charge in [-0.3, -0.25) is 14.2 Å². The Kier molecular flexibility index (Phi) is 6.67. The Bertz CT molecular complexity index is 1390. The summed E-state index contributed by atoms with van der Waals surface area (Å²) in [5, 5.41) is 4.33. The Morgan fingerprint density at radius 3 is 2.85 bits per heavy atom. The quantitative estimate of drug-likeness (QED) is 0.286. The fourth-order valence-electron chi connectivity index (χ4n) is 4.08. The molecule has 0 spiro atoms. The summed E-state index contributed by atoms with van der Waals surface area (Å²) in [5.41, 5.74) is 2.52. The summed E-state index contributed by atoms with van der Waals surface area (Å²) in [4.78, 5) is 36.2. The molecular weight excluding hydrogens is 468 g/mol. The molecule has 4 aromatic rings. The second-order valence-corrected chi connectivity index (χ2v) is 10.6. The van der Waals surface area contributed by atoms with Gasteiger partial charge < -0.3 is 10.1 Å². The Balaban J connectivity index is 1.41. The number of hydrogen-bond acceptors (Lipinski definition) is 7. The molecule has 7 nitrogen and oxygen atoms in total. The molecule has 1 aliphatic rings. The number of anilines is 1. The molecule has 1 aliphatic heterocycles. The number of carbonyl (C=O) groups is 1. The number of thiophene rings is 1. The molecular formula is C25H26N4O3S2. The normalized spacial score (nSPS) is 16.0. The SMILES string of the molecule is CC(C)c1ccc(NC(=O)CSc2nc3c(sc4ncccc43)c(=O)n2CC2CCCO2)cc1. The van der Waals surface area contributed by atoms with Crippen molar-refractivity contribution < 1.29 is 9.53 Å². The van der Waals surface area contributed by atoms with Crippen molar-refractivity contribution in [3.8, 4) is 0 Å². The average Bonchev–Trinajstić information content (AvgIpc) is 3.48. The van der Waals surface area contributed by atoms with E-state index in [9.17, 15) is 9.59 Å². The molecule has 1 saturated heterocycles. The topological polar surface area (TPSA) is 86.1 Å². The van der Waals surface area contributed by atoms with Gasteiger partial charge >= 0.3 is 0 Å². The summed E-state index contributed by atoms with van der Waals surface area (Å²) in [6.45, 7) is 5.42. The van der Waals surface area contributed by atoms with Crippen LogP contribution in [0.1, 0.15) is 38.2 Å². The van der Waals surface area contributed by atoms with Crippen molar-refractivity contribution >= 4 is 55.1 Å². The molecule has 176 valence electrons. The van der Waals surface area contributed by atoms with Gasteiger partial charge in [0.05, 0.1) is 23.9 Å². The number of ether oxygens (including phenoxy) is 1. The van der Waals surface area contributed by atoms with E-state index >= 15 is 0 Å². The molecule has 1 aromatic carbocycles. The van der Waals surface area contributed by atoms with E-state index in [2.05, 4.69) is 24.1 Å². The highest BCUT2D eigenvalue weighted by molar-refractivity contribution is 7.99. The number of aromatic nitrogens is 3. The van der Waals surface area contributed by atoms with Gasteiger partial charge in [0, 0.05) is 23.9 Å². The molecule has 0 radical (unpaired) electrons. The minimum atomic E-state index is -0.142. The van der Waals surface area contributed by atoms with Crippen LogP contribution < -0.4 is 10.9 Å². The highest BCUT2D eigenvalue weighted by Gasteiger charge is 2.22. The van der Waals surface area contributed by atoms with E-state index in [4.69, 9.17) is 9.72 Å². The fourth-order valence-corrected chi connectivity index (χ4v) is 5.92. The summed E-state index contributed by atoms with van der Waals surface area (Å²) in [5.74, 6) is 0.442. The van der Waals surface area contributed by atoms with Crippen LogP contribution in [0.15, 0.2) is 52.5 Å². The summed E-state index contributed by atoms with van der Waals surface area (Å²) in [7, 11) is 0. The lowest BCUT2D eigenvalue weighted by atomic mass is 10.0. The second-order valence-electron chi connectivity index (χ2n) is 8.69. The molecule has 1 amide bonds. The van der Waals surface area contributed by atoms with Crippen LogP contribution in [0.2, 0.25) is 0 Å². The third-order valence-electron chi connectivity index (χ3n) is 5.92. The lowest BCUT2D eigenvalue weighted by Gasteiger charge is -2.15. The number of carbonyl (C=O) groups excluding carboxylic acids is 1. The van der Waals surface area contributed by atoms with Gasteiger partial charge in [-0.25, -0.2) is 9.97 Å². The van der Waals surface area contributed by atoms with E-state index in [0.717, 1.165) is 28.7 Å². The molecule has 0 aliphatic carbocycles. The smallest absolute Gasteiger partial charge is 0.272 e. The van der Waals surface area contributed by atoms with E-state index in [0.29, 0.717) is 34.4 Å². The summed E-state index contributed by atoms with van der Waals surface area (Å²) >= 11 is 2.64. The van der Waals surface area contributed by atoms with Crippen LogP contribution in [0, 0.1) is 0 Å². The predicted molar refractivity (Wildman–Crippen MR) is 138 cm³/mol. The first kappa shape index (κ1) is 23.0. The first-order chi connectivity index (χ1) is 16.5. The predicted octanol–water partition coefficient (Wildman–Crippen LogP) is 5.04. The number of hydrogen-bond donors (Lipinski definition) is 1. The van der Waals surface area contributed by atoms with Crippen molar-refractivity contribution in [2.75, 3.05) is 17.7 Å². The standard InChI is InChI=1S/C25H26N4O3S2/c1-15(2)16-7-9-17(10-8-16)27-20(30)14-33-25-28-21-19-6-3-11-26-23(19)34-22(21)24(31)29(25)13-18-5-4-12-32-18/h3,6-11,15,18H,4-5,12-14H2,1-2H3,(H,27,30). The van der Waals surface area contributed by atoms with Crippen LogP contribution >= 0.6 is 23.1 Å². The van der Waals surface area contributed by atoms with Crippen molar-refractivity contribution in [2.24, 2.45) is 0 Å². The highest BCUT2D eigenvalue weighted by Crippen LogP contribution is 2.31. The number of fused-ring (bicyclic) bond motifs is 3. The van der Waals surface area contributed by atoms with Crippen molar-refractivity contribution in [3.63, 3.8) is 0 Å². The molecule has 1 N–H and O–H groups in total. The van der Waals surface area contributed by atoms with E-state index in [-0.39, 0.29) is 23.3 Å². The molecule has 9 heteroatoms. The first-order valence-corrected chi connectivity index (χ1v) is 13.2. The Hall–Kier alpha value is -2.75. The molecule has 1 atom stereocenters. The minimum Gasteiger partial charge on any atom is -0.376 e. The Morgan fingerprint density at radius 2 is 2.12 bits per heavy atom. The Morgan fingerprint density at radius 1 is 1.29 bits per heavy atom. The number of nitrogens with zero attached hydrogens (tertiary/aromatic N) is 3. The van der Waals surface area contributed by atoms with Gasteiger partial charge in [-0.1, -0.05) is 37.7 Å². The van der Waals surface area contributed by atoms with Crippen molar-refractivity contribution in [2.45, 2.75) is 50.4 Å². The van der Waals surface area contributed by atoms with E-state index in [1.54, 1.807) is 10.8 Å². The van der Waals surface area contributed by atoms with Gasteiger partial charge in [-0.05, 0) is 48.6 Å². The van der Waals surface area contributed by atoms with Crippen molar-refractivity contribution in [3.05, 3.63) is 58.5 Å². The molecule has 1 unspecified atom stereocenters. The van der Waals surface area contributed by atoms with Crippen LogP contribution in [-0.2, 0) is 16.1 Å². The van der Waals surface area contributed by atoms with Crippen molar-refractivity contribution in [1.82, 2.24) is 14.5 Å². The molecule has 4 heterocycles. The third-order valence-corrected chi connectivity index (χ3v) is 7.99. The minimum absolute atomic E-state index is 0.0166. The van der Waals surface area contributed by atoms with Crippen LogP contribution in [0.5, 0.6) is 0 Å². The van der Waals surface area contributed by atoms with Gasteiger partial charge in [-0.2, -0.15) is 0 Å². The fraction of sp³-hybridized carbons (Fsp3) is 0.360. The van der Waals surface area contributed by atoms with Gasteiger partial charge in [0.2, 0.25) is 5.91 Å². The van der Waals surface area contributed by atoms with Crippen LogP contribution in [0.4, 0.5) is 5.69 Å². The third kappa shape index (κ3) is 4.73. The highest BCUT2D eigenvalue weighted by atomic mass is 32.2. The number of nitrogens with one attached hydrogen (secondary N) is 1. The molecule has 0 saturated carbocycles.